The number of hydrogen-bond acceptors (Lipinski definition) is 3. The Balaban J connectivity index is 2.52. The van der Waals surface area contributed by atoms with Gasteiger partial charge < -0.3 is 16.0 Å². The first-order chi connectivity index (χ1) is 9.75. The summed E-state index contributed by atoms with van der Waals surface area (Å²) in [5.41, 5.74) is 8.16. The van der Waals surface area contributed by atoms with Crippen molar-refractivity contribution in [1.29, 1.82) is 0 Å². The number of hydrogen-bond donors (Lipinski definition) is 2. The van der Waals surface area contributed by atoms with Gasteiger partial charge in [0, 0.05) is 25.3 Å². The molecule has 21 heavy (non-hydrogen) atoms. The largest absolute Gasteiger partial charge is 0.370 e. The molecule has 0 fully saturated rings. The summed E-state index contributed by atoms with van der Waals surface area (Å²) in [5, 5.41) is 2.93. The highest BCUT2D eigenvalue weighted by molar-refractivity contribution is 5.82. The van der Waals surface area contributed by atoms with Crippen LogP contribution in [0.1, 0.15) is 33.3 Å². The van der Waals surface area contributed by atoms with Gasteiger partial charge in [-0.15, -0.1) is 0 Å². The molecule has 3 N–H and O–H groups in total. The number of nitrogens with two attached hydrogens (primary N) is 1. The van der Waals surface area contributed by atoms with Crippen molar-refractivity contribution in [2.45, 2.75) is 40.7 Å². The predicted octanol–water partition coefficient (Wildman–Crippen LogP) is 2.31. The Morgan fingerprint density at radius 3 is 2.57 bits per heavy atom. The van der Waals surface area contributed by atoms with E-state index in [-0.39, 0.29) is 11.3 Å². The molecule has 0 aliphatic carbocycles. The van der Waals surface area contributed by atoms with Crippen molar-refractivity contribution in [1.82, 2.24) is 5.32 Å². The number of nitrogens with zero attached hydrogens (tertiary/aromatic N) is 1. The van der Waals surface area contributed by atoms with Crippen molar-refractivity contribution in [3.8, 4) is 0 Å². The summed E-state index contributed by atoms with van der Waals surface area (Å²) in [5.74, 6) is -0.0807. The molecule has 0 aromatic heterocycles. The Morgan fingerprint density at radius 1 is 1.38 bits per heavy atom. The first-order valence-corrected chi connectivity index (χ1v) is 7.60. The molecule has 1 amide bonds. The van der Waals surface area contributed by atoms with Gasteiger partial charge in [0.25, 0.3) is 0 Å². The van der Waals surface area contributed by atoms with Crippen LogP contribution in [-0.4, -0.2) is 31.6 Å². The maximum Gasteiger partial charge on any atom is 0.237 e. The third kappa shape index (κ3) is 5.38. The Hall–Kier alpha value is -1.55. The standard InChI is InChI=1S/C17H29N3O/c1-6-20(14-9-7-8-13(2)12-14)11-10-19-16(21)15(18)17(3,4)5/h7-9,12,15H,6,10-11,18H2,1-5H3,(H,19,21)/t15-/m1/s1. The van der Waals surface area contributed by atoms with E-state index in [1.54, 1.807) is 0 Å². The number of anilines is 1. The molecule has 0 aliphatic heterocycles. The third-order valence-electron chi connectivity index (χ3n) is 3.64. The Kier molecular flexibility index (Phi) is 6.21. The van der Waals surface area contributed by atoms with Gasteiger partial charge in [0.15, 0.2) is 0 Å². The number of carbonyl (C=O) groups is 1. The molecule has 1 atom stereocenters. The van der Waals surface area contributed by atoms with Crippen LogP contribution in [0.25, 0.3) is 0 Å². The van der Waals surface area contributed by atoms with Crippen LogP contribution in [0.5, 0.6) is 0 Å². The zero-order valence-electron chi connectivity index (χ0n) is 13.9. The van der Waals surface area contributed by atoms with Crippen molar-refractivity contribution in [3.05, 3.63) is 29.8 Å². The van der Waals surface area contributed by atoms with Crippen molar-refractivity contribution in [2.24, 2.45) is 11.1 Å². The molecule has 0 radical (unpaired) electrons. The molecule has 118 valence electrons. The molecule has 0 heterocycles. The van der Waals surface area contributed by atoms with E-state index in [9.17, 15) is 4.79 Å². The summed E-state index contributed by atoms with van der Waals surface area (Å²) in [4.78, 5) is 14.2. The van der Waals surface area contributed by atoms with E-state index in [2.05, 4.69) is 48.3 Å². The van der Waals surface area contributed by atoms with Gasteiger partial charge in [-0.1, -0.05) is 32.9 Å². The van der Waals surface area contributed by atoms with Crippen LogP contribution >= 0.6 is 0 Å². The van der Waals surface area contributed by atoms with E-state index in [1.807, 2.05) is 20.8 Å². The van der Waals surface area contributed by atoms with Crippen molar-refractivity contribution >= 4 is 11.6 Å². The molecule has 0 bridgehead atoms. The lowest BCUT2D eigenvalue weighted by Gasteiger charge is -2.27. The molecule has 1 aromatic rings. The number of likely N-dealkylation sites (N-methyl/N-ethyl adjacent to an activating group) is 1. The molecule has 4 heteroatoms. The summed E-state index contributed by atoms with van der Waals surface area (Å²) in [6.07, 6.45) is 0. The van der Waals surface area contributed by atoms with E-state index in [0.29, 0.717) is 6.54 Å². The molecule has 4 nitrogen and oxygen atoms in total. The van der Waals surface area contributed by atoms with E-state index >= 15 is 0 Å². The van der Waals surface area contributed by atoms with Gasteiger partial charge in [-0.25, -0.2) is 0 Å². The fourth-order valence-electron chi connectivity index (χ4n) is 2.11. The Morgan fingerprint density at radius 2 is 2.05 bits per heavy atom. The van der Waals surface area contributed by atoms with E-state index < -0.39 is 6.04 Å². The molecule has 0 saturated carbocycles. The van der Waals surface area contributed by atoms with Crippen LogP contribution in [0.3, 0.4) is 0 Å². The number of rotatable bonds is 6. The van der Waals surface area contributed by atoms with Gasteiger partial charge in [0.2, 0.25) is 5.91 Å². The molecule has 1 rings (SSSR count). The molecule has 0 saturated heterocycles. The minimum Gasteiger partial charge on any atom is -0.370 e. The zero-order valence-corrected chi connectivity index (χ0v) is 13.9. The summed E-state index contributed by atoms with van der Waals surface area (Å²) < 4.78 is 0. The van der Waals surface area contributed by atoms with Crippen molar-refractivity contribution in [2.75, 3.05) is 24.5 Å². The number of amides is 1. The normalized spacial score (nSPS) is 12.9. The number of nitrogens with one attached hydrogen (secondary N) is 1. The predicted molar refractivity (Wildman–Crippen MR) is 89.5 cm³/mol. The van der Waals surface area contributed by atoms with Crippen molar-refractivity contribution in [3.63, 3.8) is 0 Å². The van der Waals surface area contributed by atoms with E-state index in [1.165, 1.54) is 11.3 Å². The molecule has 0 unspecified atom stereocenters. The summed E-state index contributed by atoms with van der Waals surface area (Å²) in [6, 6.07) is 7.92. The fourth-order valence-corrected chi connectivity index (χ4v) is 2.11. The number of carbonyl (C=O) groups excluding carboxylic acids is 1. The topological polar surface area (TPSA) is 58.4 Å². The zero-order chi connectivity index (χ0) is 16.0. The van der Waals surface area contributed by atoms with Gasteiger partial charge >= 0.3 is 0 Å². The maximum atomic E-state index is 12.0. The summed E-state index contributed by atoms with van der Waals surface area (Å²) in [7, 11) is 0. The van der Waals surface area contributed by atoms with Crippen LogP contribution < -0.4 is 16.0 Å². The van der Waals surface area contributed by atoms with E-state index in [4.69, 9.17) is 5.73 Å². The summed E-state index contributed by atoms with van der Waals surface area (Å²) >= 11 is 0. The lowest BCUT2D eigenvalue weighted by molar-refractivity contribution is -0.124. The molecule has 1 aromatic carbocycles. The lowest BCUT2D eigenvalue weighted by Crippen LogP contribution is -2.50. The van der Waals surface area contributed by atoms with E-state index in [0.717, 1.165) is 13.1 Å². The first-order valence-electron chi connectivity index (χ1n) is 7.60. The van der Waals surface area contributed by atoms with Crippen LogP contribution in [0.4, 0.5) is 5.69 Å². The second-order valence-corrected chi connectivity index (χ2v) is 6.55. The van der Waals surface area contributed by atoms with Gasteiger partial charge in [-0.05, 0) is 37.0 Å². The van der Waals surface area contributed by atoms with Crippen molar-refractivity contribution < 1.29 is 4.79 Å². The van der Waals surface area contributed by atoms with Crippen LogP contribution in [0, 0.1) is 12.3 Å². The minimum absolute atomic E-state index is 0.0807. The smallest absolute Gasteiger partial charge is 0.237 e. The van der Waals surface area contributed by atoms with Gasteiger partial charge in [-0.2, -0.15) is 0 Å². The van der Waals surface area contributed by atoms with Crippen LogP contribution in [0.2, 0.25) is 0 Å². The Labute approximate surface area is 128 Å². The molecular formula is C17H29N3O. The average molecular weight is 291 g/mol. The van der Waals surface area contributed by atoms with Crippen LogP contribution in [-0.2, 0) is 4.79 Å². The minimum atomic E-state index is -0.480. The second kappa shape index (κ2) is 7.46. The second-order valence-electron chi connectivity index (χ2n) is 6.55. The summed E-state index contributed by atoms with van der Waals surface area (Å²) in [6.45, 7) is 12.4. The first kappa shape index (κ1) is 17.5. The van der Waals surface area contributed by atoms with Gasteiger partial charge in [0.1, 0.15) is 0 Å². The monoisotopic (exact) mass is 291 g/mol. The highest BCUT2D eigenvalue weighted by atomic mass is 16.2. The Bertz CT molecular complexity index is 465. The highest BCUT2D eigenvalue weighted by Gasteiger charge is 2.27. The highest BCUT2D eigenvalue weighted by Crippen LogP contribution is 2.17. The SMILES string of the molecule is CCN(CCNC(=O)[C@@H](N)C(C)(C)C)c1cccc(C)c1. The van der Waals surface area contributed by atoms with Gasteiger partial charge in [-0.3, -0.25) is 4.79 Å². The molecular weight excluding hydrogens is 262 g/mol. The fraction of sp³-hybridized carbons (Fsp3) is 0.588. The average Bonchev–Trinajstić information content (AvgIpc) is 2.41. The molecule has 0 spiro atoms. The van der Waals surface area contributed by atoms with Gasteiger partial charge in [0.05, 0.1) is 6.04 Å². The molecule has 0 aliphatic rings. The number of aryl methyl sites for hydroxylation is 1. The third-order valence-corrected chi connectivity index (χ3v) is 3.64. The maximum absolute atomic E-state index is 12.0. The lowest BCUT2D eigenvalue weighted by atomic mass is 9.87. The quantitative estimate of drug-likeness (QED) is 0.845. The van der Waals surface area contributed by atoms with Crippen LogP contribution in [0.15, 0.2) is 24.3 Å². The number of benzene rings is 1.